The van der Waals surface area contributed by atoms with Gasteiger partial charge in [-0.25, -0.2) is 0 Å². The molecule has 0 unspecified atom stereocenters. The molecule has 0 heterocycles. The maximum Gasteiger partial charge on any atom is 0.238 e. The first-order chi connectivity index (χ1) is 8.85. The van der Waals surface area contributed by atoms with Crippen molar-refractivity contribution in [2.24, 2.45) is 0 Å². The minimum absolute atomic E-state index is 0.00117. The predicted octanol–water partition coefficient (Wildman–Crippen LogP) is 2.71. The van der Waals surface area contributed by atoms with Crippen molar-refractivity contribution in [3.8, 4) is 0 Å². The Morgan fingerprint density at radius 1 is 1.32 bits per heavy atom. The Balaban J connectivity index is 3.04. The molecule has 0 aliphatic heterocycles. The highest BCUT2D eigenvalue weighted by atomic mass is 79.9. The Morgan fingerprint density at radius 3 is 2.42 bits per heavy atom. The summed E-state index contributed by atoms with van der Waals surface area (Å²) in [5.41, 5.74) is 2.26. The Bertz CT molecular complexity index is 498. The van der Waals surface area contributed by atoms with E-state index in [0.717, 1.165) is 16.5 Å². The quantitative estimate of drug-likeness (QED) is 0.846. The molecular weight excluding hydrogens is 308 g/mol. The number of carbonyl (C=O) groups excluding carboxylic acids is 2. The number of Topliss-reactive ketones (excluding diaryl/α,β-unsaturated/α-hetero) is 1. The number of rotatable bonds is 5. The van der Waals surface area contributed by atoms with Crippen LogP contribution in [0, 0.1) is 0 Å². The van der Waals surface area contributed by atoms with Crippen molar-refractivity contribution < 1.29 is 9.59 Å². The molecule has 104 valence electrons. The molecule has 1 N–H and O–H groups in total. The second-order valence-electron chi connectivity index (χ2n) is 4.68. The van der Waals surface area contributed by atoms with Crippen molar-refractivity contribution in [1.82, 2.24) is 4.90 Å². The van der Waals surface area contributed by atoms with Gasteiger partial charge in [-0.1, -0.05) is 22.9 Å². The van der Waals surface area contributed by atoms with Gasteiger partial charge in [-0.3, -0.25) is 9.59 Å². The highest BCUT2D eigenvalue weighted by molar-refractivity contribution is 9.10. The second-order valence-corrected chi connectivity index (χ2v) is 5.53. The monoisotopic (exact) mass is 326 g/mol. The Hall–Kier alpha value is -1.20. The van der Waals surface area contributed by atoms with Crippen LogP contribution in [-0.2, 0) is 11.2 Å². The zero-order valence-corrected chi connectivity index (χ0v) is 13.3. The summed E-state index contributed by atoms with van der Waals surface area (Å²) in [6, 6.07) is 3.57. The molecular formula is C14H19BrN2O2. The van der Waals surface area contributed by atoms with Gasteiger partial charge in [0.05, 0.1) is 6.54 Å². The number of halogens is 1. The van der Waals surface area contributed by atoms with Crippen molar-refractivity contribution in [2.75, 3.05) is 26.0 Å². The number of nitrogens with zero attached hydrogens (tertiary/aromatic N) is 1. The standard InChI is InChI=1S/C14H19BrN2O2/c1-5-11-12(9(2)18)6-10(7-13(11)15)16-14(19)8-17(3)4/h6-7H,5,8H2,1-4H3,(H,16,19). The van der Waals surface area contributed by atoms with Crippen LogP contribution in [0.25, 0.3) is 0 Å². The van der Waals surface area contributed by atoms with Crippen molar-refractivity contribution in [3.05, 3.63) is 27.7 Å². The maximum absolute atomic E-state index is 11.7. The average molecular weight is 327 g/mol. The Labute approximate surface area is 122 Å². The Kier molecular flexibility index (Phi) is 5.69. The molecule has 0 aromatic heterocycles. The third-order valence-electron chi connectivity index (χ3n) is 2.67. The Morgan fingerprint density at radius 2 is 1.95 bits per heavy atom. The van der Waals surface area contributed by atoms with E-state index in [0.29, 0.717) is 17.8 Å². The lowest BCUT2D eigenvalue weighted by Crippen LogP contribution is -2.27. The molecule has 4 nitrogen and oxygen atoms in total. The average Bonchev–Trinajstić information content (AvgIpc) is 2.26. The summed E-state index contributed by atoms with van der Waals surface area (Å²) in [6.07, 6.45) is 0.765. The molecule has 0 aliphatic carbocycles. The van der Waals surface area contributed by atoms with Crippen molar-refractivity contribution >= 4 is 33.3 Å². The lowest BCUT2D eigenvalue weighted by atomic mass is 10.0. The zero-order valence-electron chi connectivity index (χ0n) is 11.7. The van der Waals surface area contributed by atoms with Crippen molar-refractivity contribution in [3.63, 3.8) is 0 Å². The SMILES string of the molecule is CCc1c(Br)cc(NC(=O)CN(C)C)cc1C(C)=O. The van der Waals surface area contributed by atoms with Crippen LogP contribution < -0.4 is 5.32 Å². The summed E-state index contributed by atoms with van der Waals surface area (Å²) in [4.78, 5) is 25.2. The lowest BCUT2D eigenvalue weighted by molar-refractivity contribution is -0.116. The van der Waals surface area contributed by atoms with Gasteiger partial charge in [-0.15, -0.1) is 0 Å². The molecule has 0 aliphatic rings. The van der Waals surface area contributed by atoms with Crippen LogP contribution in [0.3, 0.4) is 0 Å². The van der Waals surface area contributed by atoms with Crippen LogP contribution in [-0.4, -0.2) is 37.2 Å². The number of carbonyl (C=O) groups is 2. The first-order valence-corrected chi connectivity index (χ1v) is 6.92. The van der Waals surface area contributed by atoms with Gasteiger partial charge in [-0.05, 0) is 45.1 Å². The van der Waals surface area contributed by atoms with Gasteiger partial charge in [-0.2, -0.15) is 0 Å². The molecule has 1 amide bonds. The molecule has 0 bridgehead atoms. The van der Waals surface area contributed by atoms with E-state index in [2.05, 4.69) is 21.2 Å². The van der Waals surface area contributed by atoms with Gasteiger partial charge in [0.25, 0.3) is 0 Å². The fourth-order valence-corrected chi connectivity index (χ4v) is 2.61. The zero-order chi connectivity index (χ0) is 14.6. The fraction of sp³-hybridized carbons (Fsp3) is 0.429. The van der Waals surface area contributed by atoms with Gasteiger partial charge in [0.2, 0.25) is 5.91 Å². The lowest BCUT2D eigenvalue weighted by Gasteiger charge is -2.13. The smallest absolute Gasteiger partial charge is 0.238 e. The molecule has 0 saturated carbocycles. The molecule has 0 radical (unpaired) electrons. The molecule has 0 fully saturated rings. The predicted molar refractivity (Wildman–Crippen MR) is 80.7 cm³/mol. The summed E-state index contributed by atoms with van der Waals surface area (Å²) in [7, 11) is 3.66. The third-order valence-corrected chi connectivity index (χ3v) is 3.38. The highest BCUT2D eigenvalue weighted by Crippen LogP contribution is 2.26. The van der Waals surface area contributed by atoms with Gasteiger partial charge in [0.1, 0.15) is 0 Å². The van der Waals surface area contributed by atoms with E-state index in [1.807, 2.05) is 27.1 Å². The number of amides is 1. The highest BCUT2D eigenvalue weighted by Gasteiger charge is 2.13. The first kappa shape index (κ1) is 15.9. The van der Waals surface area contributed by atoms with E-state index in [9.17, 15) is 9.59 Å². The molecule has 0 spiro atoms. The molecule has 1 aromatic carbocycles. The number of hydrogen-bond donors (Lipinski definition) is 1. The van der Waals surface area contributed by atoms with E-state index in [4.69, 9.17) is 0 Å². The topological polar surface area (TPSA) is 49.4 Å². The van der Waals surface area contributed by atoms with Crippen LogP contribution in [0.4, 0.5) is 5.69 Å². The van der Waals surface area contributed by atoms with E-state index in [1.54, 1.807) is 11.0 Å². The van der Waals surface area contributed by atoms with E-state index in [-0.39, 0.29) is 11.7 Å². The molecule has 5 heteroatoms. The fourth-order valence-electron chi connectivity index (χ4n) is 1.87. The number of benzene rings is 1. The molecule has 0 atom stereocenters. The van der Waals surface area contributed by atoms with Crippen LogP contribution in [0.1, 0.15) is 29.8 Å². The second kappa shape index (κ2) is 6.82. The number of likely N-dealkylation sites (N-methyl/N-ethyl adjacent to an activating group) is 1. The summed E-state index contributed by atoms with van der Waals surface area (Å²) >= 11 is 3.45. The minimum atomic E-state index is -0.101. The molecule has 1 aromatic rings. The van der Waals surface area contributed by atoms with Crippen molar-refractivity contribution in [1.29, 1.82) is 0 Å². The van der Waals surface area contributed by atoms with Gasteiger partial charge < -0.3 is 10.2 Å². The van der Waals surface area contributed by atoms with Crippen LogP contribution in [0.2, 0.25) is 0 Å². The number of hydrogen-bond acceptors (Lipinski definition) is 3. The number of nitrogens with one attached hydrogen (secondary N) is 1. The number of ketones is 1. The van der Waals surface area contributed by atoms with E-state index in [1.165, 1.54) is 6.92 Å². The van der Waals surface area contributed by atoms with Crippen LogP contribution >= 0.6 is 15.9 Å². The van der Waals surface area contributed by atoms with E-state index < -0.39 is 0 Å². The first-order valence-electron chi connectivity index (χ1n) is 6.13. The molecule has 1 rings (SSSR count). The van der Waals surface area contributed by atoms with Crippen molar-refractivity contribution in [2.45, 2.75) is 20.3 Å². The van der Waals surface area contributed by atoms with Gasteiger partial charge in [0, 0.05) is 15.7 Å². The van der Waals surface area contributed by atoms with Gasteiger partial charge in [0.15, 0.2) is 5.78 Å². The van der Waals surface area contributed by atoms with E-state index >= 15 is 0 Å². The molecule has 0 saturated heterocycles. The van der Waals surface area contributed by atoms with Crippen LogP contribution in [0.15, 0.2) is 16.6 Å². The maximum atomic E-state index is 11.7. The summed E-state index contributed by atoms with van der Waals surface area (Å²) < 4.78 is 0.850. The summed E-state index contributed by atoms with van der Waals surface area (Å²) in [5.74, 6) is -0.100. The summed E-state index contributed by atoms with van der Waals surface area (Å²) in [6.45, 7) is 3.84. The third kappa shape index (κ3) is 4.44. The summed E-state index contributed by atoms with van der Waals surface area (Å²) in [5, 5.41) is 2.80. The largest absolute Gasteiger partial charge is 0.325 e. The number of anilines is 1. The normalized spacial score (nSPS) is 10.6. The van der Waals surface area contributed by atoms with Gasteiger partial charge >= 0.3 is 0 Å². The van der Waals surface area contributed by atoms with Crippen LogP contribution in [0.5, 0.6) is 0 Å². The molecule has 19 heavy (non-hydrogen) atoms. The minimum Gasteiger partial charge on any atom is -0.325 e.